The Morgan fingerprint density at radius 1 is 1.24 bits per heavy atom. The van der Waals surface area contributed by atoms with Crippen LogP contribution in [0.25, 0.3) is 0 Å². The standard InChI is InChI=1S/C13H14N4O4/c1-20-12(18)9-3-4-10(13(19)21-2)11(5-9)15-8-17-7-14-6-16-17/h3-7,15H,8H2,1-2H3. The predicted octanol–water partition coefficient (Wildman–Crippen LogP) is 0.921. The molecule has 0 saturated carbocycles. The zero-order valence-corrected chi connectivity index (χ0v) is 11.6. The number of carbonyl (C=O) groups is 2. The minimum atomic E-state index is -0.507. The fourth-order valence-corrected chi connectivity index (χ4v) is 1.70. The second-order valence-corrected chi connectivity index (χ2v) is 4.01. The van der Waals surface area contributed by atoms with Crippen molar-refractivity contribution in [2.24, 2.45) is 0 Å². The normalized spacial score (nSPS) is 10.0. The average molecular weight is 290 g/mol. The van der Waals surface area contributed by atoms with Crippen LogP contribution in [-0.2, 0) is 16.1 Å². The van der Waals surface area contributed by atoms with Crippen molar-refractivity contribution in [3.8, 4) is 0 Å². The lowest BCUT2D eigenvalue weighted by molar-refractivity contribution is 0.0587. The summed E-state index contributed by atoms with van der Waals surface area (Å²) in [5, 5.41) is 6.94. The van der Waals surface area contributed by atoms with Gasteiger partial charge in [-0.25, -0.2) is 19.3 Å². The summed E-state index contributed by atoms with van der Waals surface area (Å²) in [6.45, 7) is 0.286. The largest absolute Gasteiger partial charge is 0.465 e. The van der Waals surface area contributed by atoms with E-state index in [-0.39, 0.29) is 6.67 Å². The molecule has 1 aromatic carbocycles. The topological polar surface area (TPSA) is 95.3 Å². The molecule has 0 fully saturated rings. The van der Waals surface area contributed by atoms with E-state index in [4.69, 9.17) is 4.74 Å². The van der Waals surface area contributed by atoms with Crippen LogP contribution in [0.1, 0.15) is 20.7 Å². The summed E-state index contributed by atoms with van der Waals surface area (Å²) in [6, 6.07) is 4.52. The van der Waals surface area contributed by atoms with Gasteiger partial charge in [-0.1, -0.05) is 0 Å². The van der Waals surface area contributed by atoms with Crippen LogP contribution in [0.4, 0.5) is 5.69 Å². The first-order chi connectivity index (χ1) is 10.2. The first kappa shape index (κ1) is 14.5. The van der Waals surface area contributed by atoms with Crippen LogP contribution in [-0.4, -0.2) is 40.9 Å². The molecule has 1 aromatic heterocycles. The quantitative estimate of drug-likeness (QED) is 0.818. The van der Waals surface area contributed by atoms with Crippen LogP contribution in [0.3, 0.4) is 0 Å². The number of nitrogens with zero attached hydrogens (tertiary/aromatic N) is 3. The fraction of sp³-hybridized carbons (Fsp3) is 0.231. The second-order valence-electron chi connectivity index (χ2n) is 4.01. The van der Waals surface area contributed by atoms with E-state index in [0.29, 0.717) is 16.8 Å². The molecular formula is C13H14N4O4. The van der Waals surface area contributed by atoms with Crippen LogP contribution in [0.2, 0.25) is 0 Å². The Balaban J connectivity index is 2.28. The van der Waals surface area contributed by atoms with Gasteiger partial charge in [0, 0.05) is 0 Å². The molecule has 21 heavy (non-hydrogen) atoms. The van der Waals surface area contributed by atoms with Gasteiger partial charge < -0.3 is 14.8 Å². The van der Waals surface area contributed by atoms with E-state index < -0.39 is 11.9 Å². The van der Waals surface area contributed by atoms with E-state index >= 15 is 0 Å². The molecule has 0 unspecified atom stereocenters. The second kappa shape index (κ2) is 6.51. The monoisotopic (exact) mass is 290 g/mol. The molecule has 2 rings (SSSR count). The van der Waals surface area contributed by atoms with Crippen molar-refractivity contribution in [1.82, 2.24) is 14.8 Å². The maximum Gasteiger partial charge on any atom is 0.339 e. The van der Waals surface area contributed by atoms with Gasteiger partial charge in [-0.3, -0.25) is 0 Å². The maximum absolute atomic E-state index is 11.7. The molecule has 0 aliphatic carbocycles. The number of anilines is 1. The molecule has 0 saturated heterocycles. The number of methoxy groups -OCH3 is 2. The van der Waals surface area contributed by atoms with Crippen molar-refractivity contribution in [3.05, 3.63) is 42.0 Å². The third-order valence-corrected chi connectivity index (χ3v) is 2.74. The third kappa shape index (κ3) is 3.35. The Morgan fingerprint density at radius 2 is 2.00 bits per heavy atom. The highest BCUT2D eigenvalue weighted by molar-refractivity contribution is 5.98. The number of esters is 2. The first-order valence-electron chi connectivity index (χ1n) is 6.02. The van der Waals surface area contributed by atoms with Crippen LogP contribution in [0, 0.1) is 0 Å². The van der Waals surface area contributed by atoms with Crippen molar-refractivity contribution < 1.29 is 19.1 Å². The molecule has 0 spiro atoms. The Kier molecular flexibility index (Phi) is 4.50. The summed E-state index contributed by atoms with van der Waals surface area (Å²) in [7, 11) is 2.58. The molecule has 1 N–H and O–H groups in total. The van der Waals surface area contributed by atoms with Crippen molar-refractivity contribution in [3.63, 3.8) is 0 Å². The molecule has 0 radical (unpaired) electrons. The highest BCUT2D eigenvalue weighted by atomic mass is 16.5. The fourth-order valence-electron chi connectivity index (χ4n) is 1.70. The number of rotatable bonds is 5. The molecule has 0 aliphatic rings. The summed E-state index contributed by atoms with van der Waals surface area (Å²) in [4.78, 5) is 27.1. The Labute approximate surface area is 120 Å². The number of nitrogens with one attached hydrogen (secondary N) is 1. The highest BCUT2D eigenvalue weighted by Crippen LogP contribution is 2.19. The Bertz CT molecular complexity index is 640. The average Bonchev–Trinajstić information content (AvgIpc) is 3.04. The molecule has 110 valence electrons. The summed E-state index contributed by atoms with van der Waals surface area (Å²) in [6.07, 6.45) is 2.92. The van der Waals surface area contributed by atoms with Crippen molar-refractivity contribution >= 4 is 17.6 Å². The molecule has 0 bridgehead atoms. The van der Waals surface area contributed by atoms with Gasteiger partial charge in [0.1, 0.15) is 19.3 Å². The van der Waals surface area contributed by atoms with Crippen LogP contribution >= 0.6 is 0 Å². The SMILES string of the molecule is COC(=O)c1ccc(C(=O)OC)c(NCn2cncn2)c1. The van der Waals surface area contributed by atoms with E-state index in [2.05, 4.69) is 20.1 Å². The van der Waals surface area contributed by atoms with E-state index in [1.54, 1.807) is 0 Å². The summed E-state index contributed by atoms with van der Waals surface area (Å²) in [5.74, 6) is -0.997. The Morgan fingerprint density at radius 3 is 2.62 bits per heavy atom. The van der Waals surface area contributed by atoms with E-state index in [0.717, 1.165) is 0 Å². The molecule has 2 aromatic rings. The van der Waals surface area contributed by atoms with Gasteiger partial charge in [0.15, 0.2) is 0 Å². The summed E-state index contributed by atoms with van der Waals surface area (Å²) >= 11 is 0. The molecule has 0 amide bonds. The van der Waals surface area contributed by atoms with Crippen molar-refractivity contribution in [2.75, 3.05) is 19.5 Å². The molecule has 0 atom stereocenters. The van der Waals surface area contributed by atoms with E-state index in [1.807, 2.05) is 0 Å². The Hall–Kier alpha value is -2.90. The molecular weight excluding hydrogens is 276 g/mol. The van der Waals surface area contributed by atoms with Crippen molar-refractivity contribution in [2.45, 2.75) is 6.67 Å². The van der Waals surface area contributed by atoms with Crippen LogP contribution < -0.4 is 5.32 Å². The number of aromatic nitrogens is 3. The molecule has 8 heteroatoms. The summed E-state index contributed by atoms with van der Waals surface area (Å²) in [5.41, 5.74) is 1.08. The molecule has 0 aliphatic heterocycles. The van der Waals surface area contributed by atoms with E-state index in [1.165, 1.54) is 49.8 Å². The zero-order valence-electron chi connectivity index (χ0n) is 11.6. The molecule has 1 heterocycles. The van der Waals surface area contributed by atoms with Gasteiger partial charge in [-0.15, -0.1) is 0 Å². The van der Waals surface area contributed by atoms with Gasteiger partial charge >= 0.3 is 11.9 Å². The van der Waals surface area contributed by atoms with Gasteiger partial charge in [0.2, 0.25) is 0 Å². The first-order valence-corrected chi connectivity index (χ1v) is 6.02. The molecule has 8 nitrogen and oxygen atoms in total. The number of benzene rings is 1. The lowest BCUT2D eigenvalue weighted by atomic mass is 10.1. The van der Waals surface area contributed by atoms with E-state index in [9.17, 15) is 9.59 Å². The minimum absolute atomic E-state index is 0.286. The maximum atomic E-state index is 11.7. The third-order valence-electron chi connectivity index (χ3n) is 2.74. The summed E-state index contributed by atoms with van der Waals surface area (Å²) < 4.78 is 10.9. The van der Waals surface area contributed by atoms with Crippen LogP contribution in [0.5, 0.6) is 0 Å². The van der Waals surface area contributed by atoms with Gasteiger partial charge in [-0.2, -0.15) is 5.10 Å². The van der Waals surface area contributed by atoms with Crippen LogP contribution in [0.15, 0.2) is 30.9 Å². The van der Waals surface area contributed by atoms with Crippen molar-refractivity contribution in [1.29, 1.82) is 0 Å². The van der Waals surface area contributed by atoms with Gasteiger partial charge in [0.25, 0.3) is 0 Å². The smallest absolute Gasteiger partial charge is 0.339 e. The number of carbonyl (C=O) groups excluding carboxylic acids is 2. The lowest BCUT2D eigenvalue weighted by Gasteiger charge is -2.12. The number of hydrogen-bond donors (Lipinski definition) is 1. The zero-order chi connectivity index (χ0) is 15.2. The number of ether oxygens (including phenoxy) is 2. The van der Waals surface area contributed by atoms with Gasteiger partial charge in [-0.05, 0) is 18.2 Å². The highest BCUT2D eigenvalue weighted by Gasteiger charge is 2.15. The minimum Gasteiger partial charge on any atom is -0.465 e. The lowest BCUT2D eigenvalue weighted by Crippen LogP contribution is -2.13. The number of hydrogen-bond acceptors (Lipinski definition) is 7. The van der Waals surface area contributed by atoms with Gasteiger partial charge in [0.05, 0.1) is 31.0 Å². The predicted molar refractivity (Wildman–Crippen MR) is 72.8 cm³/mol.